The summed E-state index contributed by atoms with van der Waals surface area (Å²) >= 11 is 0. The van der Waals surface area contributed by atoms with Crippen molar-refractivity contribution in [2.75, 3.05) is 25.4 Å². The molecular formula is C9H22N2O2S. The van der Waals surface area contributed by atoms with Gasteiger partial charge in [0.05, 0.1) is 5.75 Å². The Morgan fingerprint density at radius 1 is 1.14 bits per heavy atom. The predicted molar refractivity (Wildman–Crippen MR) is 59.8 cm³/mol. The van der Waals surface area contributed by atoms with Gasteiger partial charge in [0.2, 0.25) is 10.0 Å². The third-order valence-electron chi connectivity index (χ3n) is 1.50. The summed E-state index contributed by atoms with van der Waals surface area (Å²) < 4.78 is 25.5. The van der Waals surface area contributed by atoms with Gasteiger partial charge in [-0.3, -0.25) is 0 Å². The molecule has 0 radical (unpaired) electrons. The van der Waals surface area contributed by atoms with Crippen LogP contribution in [0.4, 0.5) is 0 Å². The maximum absolute atomic E-state index is 11.5. The van der Waals surface area contributed by atoms with Gasteiger partial charge in [0.15, 0.2) is 0 Å². The monoisotopic (exact) mass is 222 g/mol. The molecule has 0 atom stereocenters. The largest absolute Gasteiger partial charge is 0.316 e. The van der Waals surface area contributed by atoms with Gasteiger partial charge in [-0.25, -0.2) is 13.1 Å². The van der Waals surface area contributed by atoms with Crippen LogP contribution < -0.4 is 10.0 Å². The lowest BCUT2D eigenvalue weighted by Crippen LogP contribution is -2.36. The Balaban J connectivity index is 3.86. The van der Waals surface area contributed by atoms with Crippen LogP contribution in [-0.4, -0.2) is 33.8 Å². The van der Waals surface area contributed by atoms with Crippen LogP contribution in [0.3, 0.4) is 0 Å². The predicted octanol–water partition coefficient (Wildman–Crippen LogP) is 0.561. The highest BCUT2D eigenvalue weighted by Gasteiger charge is 2.20. The lowest BCUT2D eigenvalue weighted by Gasteiger charge is -2.18. The molecule has 0 spiro atoms. The first-order valence-corrected chi connectivity index (χ1v) is 6.60. The first-order chi connectivity index (χ1) is 6.27. The van der Waals surface area contributed by atoms with Crippen LogP contribution in [0.15, 0.2) is 0 Å². The Morgan fingerprint density at radius 3 is 2.14 bits per heavy atom. The fourth-order valence-electron chi connectivity index (χ4n) is 1.09. The van der Waals surface area contributed by atoms with E-state index in [1.807, 2.05) is 27.7 Å². The molecule has 0 bridgehead atoms. The Hall–Kier alpha value is -0.130. The summed E-state index contributed by atoms with van der Waals surface area (Å²) in [5, 5.41) is 3.06. The molecule has 0 heterocycles. The Morgan fingerprint density at radius 2 is 1.71 bits per heavy atom. The third kappa shape index (κ3) is 8.47. The SMILES string of the molecule is CCNCCNS(=O)(=O)CC(C)(C)C. The maximum Gasteiger partial charge on any atom is 0.212 e. The molecule has 0 rings (SSSR count). The highest BCUT2D eigenvalue weighted by Crippen LogP contribution is 2.14. The fourth-order valence-corrected chi connectivity index (χ4v) is 2.75. The summed E-state index contributed by atoms with van der Waals surface area (Å²) in [6.07, 6.45) is 0. The van der Waals surface area contributed by atoms with Crippen LogP contribution in [0, 0.1) is 5.41 Å². The molecule has 0 aromatic heterocycles. The molecule has 0 aliphatic heterocycles. The van der Waals surface area contributed by atoms with E-state index in [1.165, 1.54) is 0 Å². The quantitative estimate of drug-likeness (QED) is 0.646. The molecule has 0 saturated carbocycles. The van der Waals surface area contributed by atoms with Crippen molar-refractivity contribution < 1.29 is 8.42 Å². The number of rotatable bonds is 6. The number of hydrogen-bond donors (Lipinski definition) is 2. The lowest BCUT2D eigenvalue weighted by atomic mass is 10.0. The minimum atomic E-state index is -3.11. The van der Waals surface area contributed by atoms with E-state index in [9.17, 15) is 8.42 Å². The molecule has 0 fully saturated rings. The molecular weight excluding hydrogens is 200 g/mol. The smallest absolute Gasteiger partial charge is 0.212 e. The molecule has 0 aromatic carbocycles. The summed E-state index contributed by atoms with van der Waals surface area (Å²) in [5.74, 6) is 0.173. The van der Waals surface area contributed by atoms with Gasteiger partial charge >= 0.3 is 0 Å². The normalized spacial score (nSPS) is 13.1. The van der Waals surface area contributed by atoms with Crippen molar-refractivity contribution in [3.63, 3.8) is 0 Å². The zero-order valence-electron chi connectivity index (χ0n) is 9.55. The highest BCUT2D eigenvalue weighted by molar-refractivity contribution is 7.89. The van der Waals surface area contributed by atoms with Crippen molar-refractivity contribution >= 4 is 10.0 Å². The van der Waals surface area contributed by atoms with Gasteiger partial charge in [0.25, 0.3) is 0 Å². The number of nitrogens with one attached hydrogen (secondary N) is 2. The van der Waals surface area contributed by atoms with Gasteiger partial charge in [-0.05, 0) is 12.0 Å². The van der Waals surface area contributed by atoms with Gasteiger partial charge in [-0.2, -0.15) is 0 Å². The zero-order valence-corrected chi connectivity index (χ0v) is 10.4. The maximum atomic E-state index is 11.5. The first kappa shape index (κ1) is 13.9. The summed E-state index contributed by atoms with van der Waals surface area (Å²) in [6, 6.07) is 0. The second-order valence-electron chi connectivity index (χ2n) is 4.57. The molecule has 2 N–H and O–H groups in total. The van der Waals surface area contributed by atoms with Gasteiger partial charge in [0.1, 0.15) is 0 Å². The molecule has 0 saturated heterocycles. The zero-order chi connectivity index (χ0) is 11.2. The Kier molecular flexibility index (Phi) is 5.63. The average Bonchev–Trinajstić information content (AvgIpc) is 1.93. The van der Waals surface area contributed by atoms with E-state index >= 15 is 0 Å². The van der Waals surface area contributed by atoms with Crippen LogP contribution >= 0.6 is 0 Å². The van der Waals surface area contributed by atoms with Crippen molar-refractivity contribution in [3.8, 4) is 0 Å². The van der Waals surface area contributed by atoms with Crippen molar-refractivity contribution in [1.29, 1.82) is 0 Å². The summed E-state index contributed by atoms with van der Waals surface area (Å²) in [4.78, 5) is 0. The average molecular weight is 222 g/mol. The first-order valence-electron chi connectivity index (χ1n) is 4.95. The minimum absolute atomic E-state index is 0.173. The molecule has 0 amide bonds. The van der Waals surface area contributed by atoms with E-state index in [0.29, 0.717) is 13.1 Å². The highest BCUT2D eigenvalue weighted by atomic mass is 32.2. The van der Waals surface area contributed by atoms with Gasteiger partial charge in [-0.1, -0.05) is 27.7 Å². The van der Waals surface area contributed by atoms with E-state index in [-0.39, 0.29) is 11.2 Å². The van der Waals surface area contributed by atoms with Crippen molar-refractivity contribution in [2.24, 2.45) is 5.41 Å². The van der Waals surface area contributed by atoms with E-state index in [1.54, 1.807) is 0 Å². The van der Waals surface area contributed by atoms with Gasteiger partial charge in [-0.15, -0.1) is 0 Å². The third-order valence-corrected chi connectivity index (χ3v) is 3.39. The molecule has 0 aliphatic carbocycles. The van der Waals surface area contributed by atoms with Crippen molar-refractivity contribution in [3.05, 3.63) is 0 Å². The van der Waals surface area contributed by atoms with Crippen LogP contribution in [0.2, 0.25) is 0 Å². The summed E-state index contributed by atoms with van der Waals surface area (Å²) in [5.41, 5.74) is -0.190. The molecule has 0 unspecified atom stereocenters. The second kappa shape index (κ2) is 5.68. The standard InChI is InChI=1S/C9H22N2O2S/c1-5-10-6-7-11-14(12,13)8-9(2,3)4/h10-11H,5-8H2,1-4H3. The van der Waals surface area contributed by atoms with Crippen LogP contribution in [0.5, 0.6) is 0 Å². The fraction of sp³-hybridized carbons (Fsp3) is 1.00. The van der Waals surface area contributed by atoms with E-state index < -0.39 is 10.0 Å². The second-order valence-corrected chi connectivity index (χ2v) is 6.37. The van der Waals surface area contributed by atoms with E-state index in [2.05, 4.69) is 10.0 Å². The molecule has 0 aliphatic rings. The Labute approximate surface area is 87.5 Å². The van der Waals surface area contributed by atoms with Gasteiger partial charge < -0.3 is 5.32 Å². The number of likely N-dealkylation sites (N-methyl/N-ethyl adjacent to an activating group) is 1. The van der Waals surface area contributed by atoms with Crippen molar-refractivity contribution in [1.82, 2.24) is 10.0 Å². The Bertz CT molecular complexity index is 242. The van der Waals surface area contributed by atoms with Crippen LogP contribution in [0.25, 0.3) is 0 Å². The summed E-state index contributed by atoms with van der Waals surface area (Å²) in [7, 11) is -3.11. The van der Waals surface area contributed by atoms with Crippen molar-refractivity contribution in [2.45, 2.75) is 27.7 Å². The molecule has 0 aromatic rings. The van der Waals surface area contributed by atoms with E-state index in [4.69, 9.17) is 0 Å². The van der Waals surface area contributed by atoms with Crippen LogP contribution in [0.1, 0.15) is 27.7 Å². The number of hydrogen-bond acceptors (Lipinski definition) is 3. The molecule has 86 valence electrons. The lowest BCUT2D eigenvalue weighted by molar-refractivity contribution is 0.458. The minimum Gasteiger partial charge on any atom is -0.316 e. The van der Waals surface area contributed by atoms with Gasteiger partial charge in [0, 0.05) is 13.1 Å². The molecule has 5 heteroatoms. The molecule has 4 nitrogen and oxygen atoms in total. The van der Waals surface area contributed by atoms with E-state index in [0.717, 1.165) is 6.54 Å². The topological polar surface area (TPSA) is 58.2 Å². The number of sulfonamides is 1. The summed E-state index contributed by atoms with van der Waals surface area (Å²) in [6.45, 7) is 9.74. The van der Waals surface area contributed by atoms with Crippen LogP contribution in [-0.2, 0) is 10.0 Å². The molecule has 14 heavy (non-hydrogen) atoms.